The molecular formula is C19H24F3N5O2. The van der Waals surface area contributed by atoms with Gasteiger partial charge in [-0.05, 0) is 44.1 Å². The first kappa shape index (κ1) is 21.1. The average molecular weight is 411 g/mol. The smallest absolute Gasteiger partial charge is 0.416 e. The number of nitrogens with zero attached hydrogens (tertiary/aromatic N) is 4. The van der Waals surface area contributed by atoms with Crippen LogP contribution in [0, 0.1) is 0 Å². The van der Waals surface area contributed by atoms with Crippen molar-refractivity contribution >= 4 is 5.95 Å². The number of likely N-dealkylation sites (N-methyl/N-ethyl adjacent to an activating group) is 1. The molecule has 1 N–H and O–H groups in total. The zero-order chi connectivity index (χ0) is 21.2. The lowest BCUT2D eigenvalue weighted by Crippen LogP contribution is -2.43. The second kappa shape index (κ2) is 8.40. The first-order valence-corrected chi connectivity index (χ1v) is 9.42. The Morgan fingerprint density at radius 3 is 2.72 bits per heavy atom. The molecule has 7 nitrogen and oxygen atoms in total. The fourth-order valence-corrected chi connectivity index (χ4v) is 3.46. The number of alkyl halides is 3. The molecule has 2 heterocycles. The summed E-state index contributed by atoms with van der Waals surface area (Å²) in [5.41, 5.74) is -1.24. The number of hydrogen-bond donors (Lipinski definition) is 1. The minimum absolute atomic E-state index is 0.0672. The van der Waals surface area contributed by atoms with Gasteiger partial charge in [-0.25, -0.2) is 0 Å². The molecule has 10 heteroatoms. The number of ether oxygens (including phenoxy) is 1. The van der Waals surface area contributed by atoms with Gasteiger partial charge in [0, 0.05) is 25.2 Å². The van der Waals surface area contributed by atoms with E-state index in [4.69, 9.17) is 4.74 Å². The van der Waals surface area contributed by atoms with Crippen LogP contribution < -0.4 is 15.6 Å². The lowest BCUT2D eigenvalue weighted by molar-refractivity contribution is -0.137. The van der Waals surface area contributed by atoms with E-state index in [-0.39, 0.29) is 23.0 Å². The van der Waals surface area contributed by atoms with E-state index in [1.165, 1.54) is 17.7 Å². The number of rotatable bonds is 5. The molecule has 0 amide bonds. The van der Waals surface area contributed by atoms with Crippen LogP contribution in [-0.4, -0.2) is 52.5 Å². The summed E-state index contributed by atoms with van der Waals surface area (Å²) in [5, 5.41) is 11.4. The van der Waals surface area contributed by atoms with Crippen LogP contribution in [0.25, 0.3) is 11.3 Å². The molecule has 1 aromatic heterocycles. The van der Waals surface area contributed by atoms with Gasteiger partial charge < -0.3 is 15.0 Å². The number of benzene rings is 1. The van der Waals surface area contributed by atoms with Crippen molar-refractivity contribution in [1.82, 2.24) is 19.7 Å². The van der Waals surface area contributed by atoms with Crippen molar-refractivity contribution in [3.05, 3.63) is 34.1 Å². The molecule has 0 saturated carbocycles. The molecule has 1 aromatic carbocycles. The summed E-state index contributed by atoms with van der Waals surface area (Å²) in [6, 6.07) is 3.08. The van der Waals surface area contributed by atoms with Gasteiger partial charge in [-0.3, -0.25) is 9.36 Å². The lowest BCUT2D eigenvalue weighted by Gasteiger charge is -2.32. The molecule has 158 valence electrons. The standard InChI is InChI=1S/C19H24F3N5O2/c1-4-27-9-5-6-13(11-27)23-18-25-24-16(17(28)26(18)2)14-8-7-12(19(20,21)22)10-15(14)29-3/h7-8,10,13H,4-6,9,11H2,1-3H3,(H,23,25)/t13-/m1/s1. The Kier molecular flexibility index (Phi) is 6.11. The van der Waals surface area contributed by atoms with E-state index in [9.17, 15) is 18.0 Å². The van der Waals surface area contributed by atoms with E-state index in [0.717, 1.165) is 44.6 Å². The van der Waals surface area contributed by atoms with Crippen molar-refractivity contribution in [2.45, 2.75) is 32.0 Å². The summed E-state index contributed by atoms with van der Waals surface area (Å²) in [6.07, 6.45) is -2.50. The number of likely N-dealkylation sites (tertiary alicyclic amines) is 1. The third kappa shape index (κ3) is 4.52. The molecule has 0 aliphatic carbocycles. The third-order valence-electron chi connectivity index (χ3n) is 5.14. The molecular weight excluding hydrogens is 387 g/mol. The fraction of sp³-hybridized carbons (Fsp3) is 0.526. The van der Waals surface area contributed by atoms with Crippen molar-refractivity contribution in [2.75, 3.05) is 32.1 Å². The van der Waals surface area contributed by atoms with Gasteiger partial charge in [-0.15, -0.1) is 10.2 Å². The zero-order valence-electron chi connectivity index (χ0n) is 16.6. The van der Waals surface area contributed by atoms with Crippen LogP contribution in [0.1, 0.15) is 25.3 Å². The minimum Gasteiger partial charge on any atom is -0.496 e. The molecule has 1 fully saturated rings. The van der Waals surface area contributed by atoms with Gasteiger partial charge in [0.05, 0.1) is 12.7 Å². The number of nitrogens with one attached hydrogen (secondary N) is 1. The first-order chi connectivity index (χ1) is 13.7. The number of piperidine rings is 1. The monoisotopic (exact) mass is 411 g/mol. The van der Waals surface area contributed by atoms with Crippen LogP contribution in [-0.2, 0) is 13.2 Å². The summed E-state index contributed by atoms with van der Waals surface area (Å²) >= 11 is 0. The average Bonchev–Trinajstić information content (AvgIpc) is 2.70. The molecule has 3 rings (SSSR count). The van der Waals surface area contributed by atoms with Crippen LogP contribution >= 0.6 is 0 Å². The summed E-state index contributed by atoms with van der Waals surface area (Å²) in [6.45, 7) is 4.95. The van der Waals surface area contributed by atoms with Gasteiger partial charge in [0.25, 0.3) is 5.56 Å². The van der Waals surface area contributed by atoms with Crippen molar-refractivity contribution in [3.63, 3.8) is 0 Å². The maximum absolute atomic E-state index is 12.9. The normalized spacial score (nSPS) is 17.9. The van der Waals surface area contributed by atoms with Gasteiger partial charge >= 0.3 is 6.18 Å². The molecule has 2 aromatic rings. The first-order valence-electron chi connectivity index (χ1n) is 9.42. The molecule has 1 aliphatic rings. The van der Waals surface area contributed by atoms with Crippen molar-refractivity contribution < 1.29 is 17.9 Å². The second-order valence-electron chi connectivity index (χ2n) is 7.03. The van der Waals surface area contributed by atoms with Gasteiger partial charge in [0.15, 0.2) is 5.69 Å². The molecule has 1 saturated heterocycles. The maximum atomic E-state index is 12.9. The topological polar surface area (TPSA) is 72.3 Å². The largest absolute Gasteiger partial charge is 0.496 e. The molecule has 29 heavy (non-hydrogen) atoms. The van der Waals surface area contributed by atoms with Crippen molar-refractivity contribution in [1.29, 1.82) is 0 Å². The quantitative estimate of drug-likeness (QED) is 0.816. The number of halogens is 3. The minimum atomic E-state index is -4.51. The summed E-state index contributed by atoms with van der Waals surface area (Å²) in [5.74, 6) is 0.241. The molecule has 0 spiro atoms. The highest BCUT2D eigenvalue weighted by Gasteiger charge is 2.32. The Labute approximate surface area is 166 Å². The number of aromatic nitrogens is 3. The Morgan fingerprint density at radius 2 is 2.07 bits per heavy atom. The highest BCUT2D eigenvalue weighted by atomic mass is 19.4. The lowest BCUT2D eigenvalue weighted by atomic mass is 10.1. The van der Waals surface area contributed by atoms with Crippen molar-refractivity contribution in [3.8, 4) is 17.0 Å². The van der Waals surface area contributed by atoms with Gasteiger partial charge in [0.1, 0.15) is 5.75 Å². The van der Waals surface area contributed by atoms with E-state index in [2.05, 4.69) is 27.3 Å². The number of hydrogen-bond acceptors (Lipinski definition) is 6. The summed E-state index contributed by atoms with van der Waals surface area (Å²) in [4.78, 5) is 15.1. The second-order valence-corrected chi connectivity index (χ2v) is 7.03. The SMILES string of the molecule is CCN1CCC[C@@H](Nc2nnc(-c3ccc(C(F)(F)F)cc3OC)c(=O)n2C)C1. The third-order valence-corrected chi connectivity index (χ3v) is 5.14. The Morgan fingerprint density at radius 1 is 1.31 bits per heavy atom. The molecule has 1 aliphatic heterocycles. The Bertz CT molecular complexity index is 929. The fourth-order valence-electron chi connectivity index (χ4n) is 3.46. The van der Waals surface area contributed by atoms with Crippen LogP contribution in [0.3, 0.4) is 0 Å². The summed E-state index contributed by atoms with van der Waals surface area (Å²) < 4.78 is 45.2. The zero-order valence-corrected chi connectivity index (χ0v) is 16.6. The molecule has 0 bridgehead atoms. The number of anilines is 1. The summed E-state index contributed by atoms with van der Waals surface area (Å²) in [7, 11) is 2.80. The Balaban J connectivity index is 1.91. The number of methoxy groups -OCH3 is 1. The van der Waals surface area contributed by atoms with Crippen LogP contribution in [0.15, 0.2) is 23.0 Å². The predicted molar refractivity (Wildman–Crippen MR) is 103 cm³/mol. The molecule has 0 radical (unpaired) electrons. The van der Waals surface area contributed by atoms with E-state index >= 15 is 0 Å². The predicted octanol–water partition coefficient (Wildman–Crippen LogP) is 2.77. The van der Waals surface area contributed by atoms with E-state index in [1.807, 2.05) is 0 Å². The van der Waals surface area contributed by atoms with E-state index < -0.39 is 17.3 Å². The highest BCUT2D eigenvalue weighted by Crippen LogP contribution is 2.35. The highest BCUT2D eigenvalue weighted by molar-refractivity contribution is 5.67. The molecule has 1 atom stereocenters. The van der Waals surface area contributed by atoms with Gasteiger partial charge in [-0.2, -0.15) is 13.2 Å². The van der Waals surface area contributed by atoms with E-state index in [0.29, 0.717) is 5.95 Å². The maximum Gasteiger partial charge on any atom is 0.416 e. The van der Waals surface area contributed by atoms with Crippen LogP contribution in [0.2, 0.25) is 0 Å². The van der Waals surface area contributed by atoms with E-state index in [1.54, 1.807) is 7.05 Å². The van der Waals surface area contributed by atoms with Gasteiger partial charge in [-0.1, -0.05) is 6.92 Å². The van der Waals surface area contributed by atoms with Crippen LogP contribution in [0.4, 0.5) is 19.1 Å². The van der Waals surface area contributed by atoms with Gasteiger partial charge in [0.2, 0.25) is 5.95 Å². The van der Waals surface area contributed by atoms with Crippen LogP contribution in [0.5, 0.6) is 5.75 Å². The Hall–Kier alpha value is -2.62. The van der Waals surface area contributed by atoms with Crippen molar-refractivity contribution in [2.24, 2.45) is 7.05 Å². The molecule has 0 unspecified atom stereocenters.